The molecule has 34 heavy (non-hydrogen) atoms. The summed E-state index contributed by atoms with van der Waals surface area (Å²) >= 11 is 0. The molecule has 0 amide bonds. The largest absolute Gasteiger partial charge is 0.478 e. The molecule has 4 rings (SSSR count). The number of aromatic carboxylic acids is 1. The number of nitrogens with zero attached hydrogens (tertiary/aromatic N) is 3. The molecule has 0 bridgehead atoms. The molecule has 1 aliphatic heterocycles. The maximum absolute atomic E-state index is 13.1. The van der Waals surface area contributed by atoms with Crippen LogP contribution in [0.15, 0.2) is 65.7 Å². The van der Waals surface area contributed by atoms with Crippen LogP contribution in [0.25, 0.3) is 0 Å². The predicted octanol–water partition coefficient (Wildman–Crippen LogP) is 3.91. The topological polar surface area (TPSA) is 103 Å². The number of carboxylic acid groups (broad SMARTS) is 1. The highest BCUT2D eigenvalue weighted by atomic mass is 32.2. The van der Waals surface area contributed by atoms with Crippen molar-refractivity contribution in [2.24, 2.45) is 0 Å². The zero-order valence-electron chi connectivity index (χ0n) is 19.4. The Bertz CT molecular complexity index is 1330. The molecule has 0 aliphatic carbocycles. The second-order valence-corrected chi connectivity index (χ2v) is 10.3. The van der Waals surface area contributed by atoms with E-state index in [2.05, 4.69) is 46.7 Å². The first kappa shape index (κ1) is 23.6. The Morgan fingerprint density at radius 2 is 1.76 bits per heavy atom. The molecule has 0 radical (unpaired) electrons. The number of pyridine rings is 1. The van der Waals surface area contributed by atoms with Crippen molar-refractivity contribution in [1.82, 2.24) is 4.98 Å². The van der Waals surface area contributed by atoms with Crippen molar-refractivity contribution in [3.8, 4) is 0 Å². The van der Waals surface area contributed by atoms with Crippen LogP contribution >= 0.6 is 0 Å². The van der Waals surface area contributed by atoms with Crippen LogP contribution < -0.4 is 14.5 Å². The van der Waals surface area contributed by atoms with Gasteiger partial charge in [0.05, 0.1) is 16.1 Å². The lowest BCUT2D eigenvalue weighted by molar-refractivity contribution is 0.0696. The highest BCUT2D eigenvalue weighted by molar-refractivity contribution is 7.92. The van der Waals surface area contributed by atoms with E-state index in [4.69, 9.17) is 0 Å². The van der Waals surface area contributed by atoms with E-state index in [0.717, 1.165) is 17.8 Å². The molecule has 9 heteroatoms. The van der Waals surface area contributed by atoms with E-state index in [0.29, 0.717) is 18.9 Å². The van der Waals surface area contributed by atoms with Gasteiger partial charge in [0, 0.05) is 37.6 Å². The van der Waals surface area contributed by atoms with Crippen LogP contribution in [0.4, 0.5) is 17.2 Å². The van der Waals surface area contributed by atoms with Crippen LogP contribution in [0.2, 0.25) is 0 Å². The van der Waals surface area contributed by atoms with Gasteiger partial charge in [-0.3, -0.25) is 4.72 Å². The number of carboxylic acids is 1. The number of anilines is 3. The molecule has 1 aliphatic rings. The molecule has 2 aromatic carbocycles. The first-order chi connectivity index (χ1) is 16.1. The maximum Gasteiger partial charge on any atom is 0.337 e. The van der Waals surface area contributed by atoms with Crippen molar-refractivity contribution >= 4 is 33.2 Å². The van der Waals surface area contributed by atoms with Gasteiger partial charge < -0.3 is 14.9 Å². The van der Waals surface area contributed by atoms with Gasteiger partial charge in [0.1, 0.15) is 0 Å². The minimum absolute atomic E-state index is 0.0860. The monoisotopic (exact) mass is 480 g/mol. The Morgan fingerprint density at radius 1 is 1.06 bits per heavy atom. The van der Waals surface area contributed by atoms with Crippen molar-refractivity contribution in [2.45, 2.75) is 31.7 Å². The Kier molecular flexibility index (Phi) is 6.47. The third kappa shape index (κ3) is 4.99. The standard InChI is InChI=1S/C25H28N4O4S/c1-17-6-4-8-21(12-17)29-11-10-28(16-19(29)3)24-23(14-20(15-26-24)25(30)31)27-34(32,33)22-9-5-7-18(2)13-22/h4-9,12-15,19,27H,10-11,16H2,1-3H3,(H,30,31)/t19-/m1/s1. The molecule has 0 saturated carbocycles. The molecular formula is C25H28N4O4S. The van der Waals surface area contributed by atoms with Crippen LogP contribution in [-0.2, 0) is 10.0 Å². The van der Waals surface area contributed by atoms with Gasteiger partial charge in [0.15, 0.2) is 5.82 Å². The van der Waals surface area contributed by atoms with Crippen LogP contribution in [0, 0.1) is 13.8 Å². The highest BCUT2D eigenvalue weighted by Crippen LogP contribution is 2.30. The smallest absolute Gasteiger partial charge is 0.337 e. The third-order valence-electron chi connectivity index (χ3n) is 5.92. The van der Waals surface area contributed by atoms with Crippen LogP contribution in [0.5, 0.6) is 0 Å². The summed E-state index contributed by atoms with van der Waals surface area (Å²) in [5.41, 5.74) is 3.20. The Morgan fingerprint density at radius 3 is 2.41 bits per heavy atom. The number of aromatic nitrogens is 1. The second kappa shape index (κ2) is 9.34. The fourth-order valence-electron chi connectivity index (χ4n) is 4.23. The van der Waals surface area contributed by atoms with Crippen LogP contribution in [-0.4, -0.2) is 50.2 Å². The number of hydrogen-bond acceptors (Lipinski definition) is 6. The lowest BCUT2D eigenvalue weighted by Gasteiger charge is -2.42. The summed E-state index contributed by atoms with van der Waals surface area (Å²) in [4.78, 5) is 20.3. The molecule has 178 valence electrons. The molecule has 0 unspecified atom stereocenters. The first-order valence-corrected chi connectivity index (χ1v) is 12.5. The van der Waals surface area contributed by atoms with E-state index in [9.17, 15) is 18.3 Å². The van der Waals surface area contributed by atoms with Crippen molar-refractivity contribution in [2.75, 3.05) is 34.2 Å². The Balaban J connectivity index is 1.64. The van der Waals surface area contributed by atoms with Gasteiger partial charge in [-0.15, -0.1) is 0 Å². The van der Waals surface area contributed by atoms with E-state index in [1.165, 1.54) is 23.9 Å². The molecule has 1 atom stereocenters. The number of aryl methyl sites for hydroxylation is 2. The summed E-state index contributed by atoms with van der Waals surface area (Å²) in [5.74, 6) is -0.760. The molecule has 2 heterocycles. The van der Waals surface area contributed by atoms with Crippen LogP contribution in [0.3, 0.4) is 0 Å². The zero-order valence-corrected chi connectivity index (χ0v) is 20.2. The molecule has 1 fully saturated rings. The van der Waals surface area contributed by atoms with Gasteiger partial charge in [-0.25, -0.2) is 18.2 Å². The lowest BCUT2D eigenvalue weighted by atomic mass is 10.1. The highest BCUT2D eigenvalue weighted by Gasteiger charge is 2.28. The molecule has 8 nitrogen and oxygen atoms in total. The number of sulfonamides is 1. The summed E-state index contributed by atoms with van der Waals surface area (Å²) in [6.45, 7) is 7.91. The molecule has 2 N–H and O–H groups in total. The fraction of sp³-hybridized carbons (Fsp3) is 0.280. The number of carbonyl (C=O) groups is 1. The lowest BCUT2D eigenvalue weighted by Crippen LogP contribution is -2.52. The van der Waals surface area contributed by atoms with Gasteiger partial charge in [-0.05, 0) is 62.2 Å². The summed E-state index contributed by atoms with van der Waals surface area (Å²) in [5, 5.41) is 9.45. The number of hydrogen-bond donors (Lipinski definition) is 2. The molecule has 1 aromatic heterocycles. The Labute approximate surface area is 199 Å². The van der Waals surface area contributed by atoms with Gasteiger partial charge >= 0.3 is 5.97 Å². The summed E-state index contributed by atoms with van der Waals surface area (Å²) in [6.07, 6.45) is 1.26. The van der Waals surface area contributed by atoms with Crippen molar-refractivity contribution in [1.29, 1.82) is 0 Å². The average molecular weight is 481 g/mol. The molecule has 3 aromatic rings. The molecule has 1 saturated heterocycles. The maximum atomic E-state index is 13.1. The van der Waals surface area contributed by atoms with E-state index in [1.807, 2.05) is 24.0 Å². The number of piperazine rings is 1. The fourth-order valence-corrected chi connectivity index (χ4v) is 5.38. The summed E-state index contributed by atoms with van der Waals surface area (Å²) in [6, 6.07) is 16.3. The summed E-state index contributed by atoms with van der Waals surface area (Å²) in [7, 11) is -3.93. The van der Waals surface area contributed by atoms with Crippen molar-refractivity contribution < 1.29 is 18.3 Å². The van der Waals surface area contributed by atoms with Crippen molar-refractivity contribution in [3.05, 3.63) is 77.5 Å². The van der Waals surface area contributed by atoms with Gasteiger partial charge in [0.2, 0.25) is 0 Å². The van der Waals surface area contributed by atoms with E-state index < -0.39 is 16.0 Å². The third-order valence-corrected chi connectivity index (χ3v) is 7.28. The molecular weight excluding hydrogens is 452 g/mol. The van der Waals surface area contributed by atoms with E-state index in [1.54, 1.807) is 12.1 Å². The minimum atomic E-state index is -3.93. The predicted molar refractivity (Wildman–Crippen MR) is 133 cm³/mol. The van der Waals surface area contributed by atoms with Gasteiger partial charge in [-0.2, -0.15) is 0 Å². The quantitative estimate of drug-likeness (QED) is 0.551. The van der Waals surface area contributed by atoms with Gasteiger partial charge in [-0.1, -0.05) is 24.3 Å². The number of nitrogens with one attached hydrogen (secondary N) is 1. The van der Waals surface area contributed by atoms with Crippen molar-refractivity contribution in [3.63, 3.8) is 0 Å². The SMILES string of the molecule is Cc1cccc(N2CCN(c3ncc(C(=O)O)cc3NS(=O)(=O)c3cccc(C)c3)C[C@H]2C)c1. The number of rotatable bonds is 6. The van der Waals surface area contributed by atoms with Gasteiger partial charge in [0.25, 0.3) is 10.0 Å². The summed E-state index contributed by atoms with van der Waals surface area (Å²) < 4.78 is 28.8. The van der Waals surface area contributed by atoms with E-state index in [-0.39, 0.29) is 22.2 Å². The van der Waals surface area contributed by atoms with Crippen LogP contribution in [0.1, 0.15) is 28.4 Å². The van der Waals surface area contributed by atoms with E-state index >= 15 is 0 Å². The number of benzene rings is 2. The Hall–Kier alpha value is -3.59. The normalized spacial score (nSPS) is 16.4. The second-order valence-electron chi connectivity index (χ2n) is 8.65. The minimum Gasteiger partial charge on any atom is -0.478 e. The first-order valence-electron chi connectivity index (χ1n) is 11.0. The molecule has 0 spiro atoms. The average Bonchev–Trinajstić information content (AvgIpc) is 2.78. The zero-order chi connectivity index (χ0) is 24.5.